The lowest BCUT2D eigenvalue weighted by Gasteiger charge is -2.14. The molecule has 0 atom stereocenters. The van der Waals surface area contributed by atoms with Crippen molar-refractivity contribution in [3.63, 3.8) is 0 Å². The van der Waals surface area contributed by atoms with E-state index in [1.165, 1.54) is 215 Å². The fourth-order valence-corrected chi connectivity index (χ4v) is 9.12. The largest absolute Gasteiger partial charge is 0.251 e. The molecule has 370 valence electrons. The summed E-state index contributed by atoms with van der Waals surface area (Å²) in [4.78, 5) is 11.0. The maximum Gasteiger partial charge on any atom is 0.0665 e. The van der Waals surface area contributed by atoms with Gasteiger partial charge in [0.25, 0.3) is 0 Å². The molecule has 0 aliphatic carbocycles. The third-order valence-electron chi connectivity index (χ3n) is 13.4. The molecule has 0 N–H and O–H groups in total. The van der Waals surface area contributed by atoms with Crippen LogP contribution in [0.3, 0.4) is 0 Å². The zero-order chi connectivity index (χ0) is 47.1. The van der Waals surface area contributed by atoms with E-state index in [0.717, 1.165) is 88.4 Å². The average molecular weight is 902 g/mol. The second-order valence-corrected chi connectivity index (χ2v) is 19.7. The summed E-state index contributed by atoms with van der Waals surface area (Å²) in [5, 5.41) is 0. The van der Waals surface area contributed by atoms with Crippen LogP contribution in [-0.2, 0) is 12.8 Å². The molecule has 0 amide bonds. The first-order valence-corrected chi connectivity index (χ1v) is 29.0. The molecule has 66 heavy (non-hydrogen) atoms. The molecule has 2 aromatic rings. The third-order valence-corrected chi connectivity index (χ3v) is 13.4. The summed E-state index contributed by atoms with van der Waals surface area (Å²) < 4.78 is 0. The summed E-state index contributed by atoms with van der Waals surface area (Å²) in [6, 6.07) is 17.7. The summed E-state index contributed by atoms with van der Waals surface area (Å²) in [6.45, 7) is 9.20. The fourth-order valence-electron chi connectivity index (χ4n) is 9.12. The predicted octanol–water partition coefficient (Wildman–Crippen LogP) is 21.3. The molecule has 0 radical (unpaired) electrons. The highest BCUT2D eigenvalue weighted by molar-refractivity contribution is 6.43. The molecule has 0 aromatic heterocycles. The van der Waals surface area contributed by atoms with E-state index in [2.05, 4.69) is 99.9 Å². The van der Waals surface area contributed by atoms with Crippen molar-refractivity contribution < 1.29 is 0 Å². The molecule has 0 spiro atoms. The zero-order valence-electron chi connectivity index (χ0n) is 44.2. The van der Waals surface area contributed by atoms with Gasteiger partial charge in [0.2, 0.25) is 0 Å². The molecule has 0 saturated carbocycles. The SMILES string of the molecule is CCCCCCCCCCCCCCCC#CCCCc1ccccc1N=C(CCCCC)C(CCCCC)=Nc1ccccc1CCCC#CCCCCCCCCCCCCCCC. The zero-order valence-corrected chi connectivity index (χ0v) is 44.2. The van der Waals surface area contributed by atoms with Gasteiger partial charge in [-0.15, -0.1) is 23.7 Å². The van der Waals surface area contributed by atoms with Crippen LogP contribution in [0.15, 0.2) is 58.5 Å². The minimum Gasteiger partial charge on any atom is -0.251 e. The Morgan fingerprint density at radius 2 is 0.561 bits per heavy atom. The second-order valence-electron chi connectivity index (χ2n) is 19.7. The van der Waals surface area contributed by atoms with Gasteiger partial charge in [0.15, 0.2) is 0 Å². The van der Waals surface area contributed by atoms with Gasteiger partial charge in [0.05, 0.1) is 22.8 Å². The van der Waals surface area contributed by atoms with E-state index in [1.807, 2.05) is 0 Å². The highest BCUT2D eigenvalue weighted by Crippen LogP contribution is 2.26. The van der Waals surface area contributed by atoms with Gasteiger partial charge >= 0.3 is 0 Å². The number of hydrogen-bond acceptors (Lipinski definition) is 2. The molecule has 0 aliphatic heterocycles. The van der Waals surface area contributed by atoms with Crippen molar-refractivity contribution in [1.82, 2.24) is 0 Å². The molecule has 0 unspecified atom stereocenters. The number of hydrogen-bond donors (Lipinski definition) is 0. The summed E-state index contributed by atoms with van der Waals surface area (Å²) in [6.07, 6.45) is 53.7. The molecule has 0 saturated heterocycles. The fraction of sp³-hybridized carbons (Fsp3) is 0.719. The molecule has 0 bridgehead atoms. The van der Waals surface area contributed by atoms with Gasteiger partial charge in [0, 0.05) is 25.7 Å². The Bertz CT molecular complexity index is 1470. The number of para-hydroxylation sites is 2. The quantitative estimate of drug-likeness (QED) is 0.0360. The van der Waals surface area contributed by atoms with Crippen LogP contribution in [0.5, 0.6) is 0 Å². The Morgan fingerprint density at radius 3 is 0.879 bits per heavy atom. The first kappa shape index (κ1) is 59.0. The number of aliphatic imine (C=N–C) groups is 2. The van der Waals surface area contributed by atoms with Gasteiger partial charge < -0.3 is 0 Å². The van der Waals surface area contributed by atoms with Gasteiger partial charge in [0.1, 0.15) is 0 Å². The first-order chi connectivity index (χ1) is 32.7. The van der Waals surface area contributed by atoms with Crippen LogP contribution in [0.4, 0.5) is 11.4 Å². The first-order valence-electron chi connectivity index (χ1n) is 29.0. The lowest BCUT2D eigenvalue weighted by Crippen LogP contribution is -2.15. The van der Waals surface area contributed by atoms with Crippen LogP contribution >= 0.6 is 0 Å². The normalized spacial score (nSPS) is 11.7. The van der Waals surface area contributed by atoms with Crippen molar-refractivity contribution in [2.75, 3.05) is 0 Å². The van der Waals surface area contributed by atoms with Crippen LogP contribution in [0.25, 0.3) is 0 Å². The Labute approximate surface area is 411 Å². The Morgan fingerprint density at radius 1 is 0.303 bits per heavy atom. The summed E-state index contributed by atoms with van der Waals surface area (Å²) in [5.74, 6) is 14.0. The van der Waals surface area contributed by atoms with Crippen LogP contribution in [-0.4, -0.2) is 11.4 Å². The van der Waals surface area contributed by atoms with Crippen LogP contribution in [0, 0.1) is 23.7 Å². The Hall–Kier alpha value is -3.10. The number of aryl methyl sites for hydroxylation is 2. The lowest BCUT2D eigenvalue weighted by molar-refractivity contribution is 0.540. The van der Waals surface area contributed by atoms with Crippen molar-refractivity contribution in [3.05, 3.63) is 59.7 Å². The Kier molecular flexibility index (Phi) is 40.8. The molecule has 0 aliphatic rings. The number of benzene rings is 2. The highest BCUT2D eigenvalue weighted by atomic mass is 14.8. The molecular formula is C64H104N2. The third kappa shape index (κ3) is 33.4. The van der Waals surface area contributed by atoms with E-state index in [4.69, 9.17) is 9.98 Å². The number of rotatable bonds is 43. The van der Waals surface area contributed by atoms with E-state index >= 15 is 0 Å². The highest BCUT2D eigenvalue weighted by Gasteiger charge is 2.13. The van der Waals surface area contributed by atoms with Gasteiger partial charge in [-0.25, -0.2) is 0 Å². The summed E-state index contributed by atoms with van der Waals surface area (Å²) in [7, 11) is 0. The molecule has 2 heteroatoms. The van der Waals surface area contributed by atoms with E-state index in [9.17, 15) is 0 Å². The van der Waals surface area contributed by atoms with Gasteiger partial charge in [-0.1, -0.05) is 244 Å². The standard InChI is InChI=1S/C64H104N2/c1-5-9-13-15-17-19-21-23-25-27-29-31-33-35-37-39-41-45-51-59-53-47-49-55-61(59)65-63(57-43-11-7-3)64(58-44-12-8-4)66-62-56-50-48-54-60(62)52-46-42-40-38-36-34-32-30-28-26-24-22-20-18-16-14-10-6-2/h47-50,53-56H,5-36,41-46,51-52,57-58H2,1-4H3. The monoisotopic (exact) mass is 901 g/mol. The van der Waals surface area contributed by atoms with E-state index < -0.39 is 0 Å². The molecule has 2 rings (SSSR count). The number of unbranched alkanes of at least 4 members (excludes halogenated alkanes) is 32. The molecular weight excluding hydrogens is 797 g/mol. The van der Waals surface area contributed by atoms with Crippen molar-refractivity contribution in [1.29, 1.82) is 0 Å². The molecule has 0 fully saturated rings. The van der Waals surface area contributed by atoms with Crippen LogP contribution in [0.1, 0.15) is 296 Å². The van der Waals surface area contributed by atoms with Crippen molar-refractivity contribution in [3.8, 4) is 23.7 Å². The van der Waals surface area contributed by atoms with Gasteiger partial charge in [-0.3, -0.25) is 9.98 Å². The van der Waals surface area contributed by atoms with Crippen LogP contribution < -0.4 is 0 Å². The average Bonchev–Trinajstić information content (AvgIpc) is 3.33. The maximum atomic E-state index is 5.52. The lowest BCUT2D eigenvalue weighted by atomic mass is 10.00. The van der Waals surface area contributed by atoms with E-state index in [1.54, 1.807) is 0 Å². The molecule has 2 aromatic carbocycles. The van der Waals surface area contributed by atoms with E-state index in [-0.39, 0.29) is 0 Å². The predicted molar refractivity (Wildman–Crippen MR) is 297 cm³/mol. The van der Waals surface area contributed by atoms with Crippen molar-refractivity contribution >= 4 is 22.8 Å². The van der Waals surface area contributed by atoms with Crippen molar-refractivity contribution in [2.24, 2.45) is 9.98 Å². The number of nitrogens with zero attached hydrogens (tertiary/aromatic N) is 2. The minimum atomic E-state index is 0.964. The van der Waals surface area contributed by atoms with Gasteiger partial charge in [-0.05, 0) is 87.5 Å². The van der Waals surface area contributed by atoms with Crippen LogP contribution in [0.2, 0.25) is 0 Å². The maximum absolute atomic E-state index is 5.52. The van der Waals surface area contributed by atoms with Crippen molar-refractivity contribution in [2.45, 2.75) is 297 Å². The summed E-state index contributed by atoms with van der Waals surface area (Å²) >= 11 is 0. The summed E-state index contributed by atoms with van der Waals surface area (Å²) in [5.41, 5.74) is 7.31. The molecule has 2 nitrogen and oxygen atoms in total. The minimum absolute atomic E-state index is 0.964. The topological polar surface area (TPSA) is 24.7 Å². The second kappa shape index (κ2) is 45.7. The molecule has 0 heterocycles. The smallest absolute Gasteiger partial charge is 0.0665 e. The Balaban J connectivity index is 1.90. The van der Waals surface area contributed by atoms with E-state index in [0.29, 0.717) is 0 Å². The van der Waals surface area contributed by atoms with Gasteiger partial charge in [-0.2, -0.15) is 0 Å².